The molecule has 130 valence electrons. The Bertz CT molecular complexity index is 911. The second-order valence-corrected chi connectivity index (χ2v) is 8.51. The maximum atomic E-state index is 12.2. The van der Waals surface area contributed by atoms with E-state index in [9.17, 15) is 4.79 Å². The number of nitrogens with one attached hydrogen (secondary N) is 1. The number of amides is 1. The van der Waals surface area contributed by atoms with Gasteiger partial charge < -0.3 is 10.1 Å². The lowest BCUT2D eigenvalue weighted by Gasteiger charge is -2.08. The molecule has 0 atom stereocenters. The SMILES string of the molecule is CCOc1ccc2nc(SCC(=O)Nc3ccc(Br)cc3C)sc2c1. The minimum absolute atomic E-state index is 0.0373. The molecule has 1 amide bonds. The van der Waals surface area contributed by atoms with Crippen LogP contribution in [0.25, 0.3) is 10.2 Å². The van der Waals surface area contributed by atoms with Crippen molar-refractivity contribution >= 4 is 60.8 Å². The zero-order valence-corrected chi connectivity index (χ0v) is 17.1. The standard InChI is InChI=1S/C18H17BrN2O2S2/c1-3-23-13-5-7-15-16(9-13)25-18(21-15)24-10-17(22)20-14-6-4-12(19)8-11(14)2/h4-9H,3,10H2,1-2H3,(H,20,22). The van der Waals surface area contributed by atoms with Crippen LogP contribution in [0, 0.1) is 6.92 Å². The first kappa shape index (κ1) is 18.2. The Hall–Kier alpha value is -1.57. The molecule has 0 spiro atoms. The summed E-state index contributed by atoms with van der Waals surface area (Å²) in [5, 5.41) is 2.94. The fourth-order valence-corrected chi connectivity index (χ4v) is 4.66. The molecule has 0 aliphatic rings. The van der Waals surface area contributed by atoms with E-state index in [4.69, 9.17) is 4.74 Å². The van der Waals surface area contributed by atoms with Crippen LogP contribution in [0.2, 0.25) is 0 Å². The van der Waals surface area contributed by atoms with Crippen molar-refractivity contribution in [2.75, 3.05) is 17.7 Å². The summed E-state index contributed by atoms with van der Waals surface area (Å²) >= 11 is 6.45. The van der Waals surface area contributed by atoms with Crippen LogP contribution in [0.5, 0.6) is 5.75 Å². The normalized spacial score (nSPS) is 10.8. The van der Waals surface area contributed by atoms with E-state index < -0.39 is 0 Å². The number of thiazole rings is 1. The minimum atomic E-state index is -0.0373. The Balaban J connectivity index is 1.62. The predicted octanol–water partition coefficient (Wildman–Crippen LogP) is 5.50. The van der Waals surface area contributed by atoms with E-state index in [1.54, 1.807) is 11.3 Å². The number of carbonyl (C=O) groups is 1. The van der Waals surface area contributed by atoms with E-state index in [1.165, 1.54) is 11.8 Å². The molecule has 0 fully saturated rings. The number of ether oxygens (including phenoxy) is 1. The fourth-order valence-electron chi connectivity index (χ4n) is 2.28. The summed E-state index contributed by atoms with van der Waals surface area (Å²) in [7, 11) is 0. The quantitative estimate of drug-likeness (QED) is 0.518. The van der Waals surface area contributed by atoms with Gasteiger partial charge >= 0.3 is 0 Å². The van der Waals surface area contributed by atoms with Crippen molar-refractivity contribution in [3.63, 3.8) is 0 Å². The molecule has 0 saturated carbocycles. The number of benzene rings is 2. The molecule has 1 aromatic heterocycles. The summed E-state index contributed by atoms with van der Waals surface area (Å²) in [6, 6.07) is 11.7. The maximum Gasteiger partial charge on any atom is 0.234 e. The zero-order chi connectivity index (χ0) is 17.8. The van der Waals surface area contributed by atoms with Crippen LogP contribution in [0.1, 0.15) is 12.5 Å². The Morgan fingerprint density at radius 2 is 2.16 bits per heavy atom. The molecular formula is C18H17BrN2O2S2. The third kappa shape index (κ3) is 4.74. The molecule has 1 N–H and O–H groups in total. The van der Waals surface area contributed by atoms with Crippen LogP contribution in [-0.4, -0.2) is 23.3 Å². The molecule has 0 aliphatic heterocycles. The first-order valence-electron chi connectivity index (χ1n) is 7.77. The van der Waals surface area contributed by atoms with Gasteiger partial charge in [0.25, 0.3) is 0 Å². The van der Waals surface area contributed by atoms with Crippen molar-refractivity contribution in [3.8, 4) is 5.75 Å². The largest absolute Gasteiger partial charge is 0.494 e. The van der Waals surface area contributed by atoms with Crippen molar-refractivity contribution in [1.82, 2.24) is 4.98 Å². The number of rotatable bonds is 6. The van der Waals surface area contributed by atoms with Gasteiger partial charge in [0.05, 0.1) is 22.6 Å². The van der Waals surface area contributed by atoms with Crippen molar-refractivity contribution in [2.24, 2.45) is 0 Å². The number of fused-ring (bicyclic) bond motifs is 1. The lowest BCUT2D eigenvalue weighted by Crippen LogP contribution is -2.14. The summed E-state index contributed by atoms with van der Waals surface area (Å²) in [6.45, 7) is 4.57. The monoisotopic (exact) mass is 436 g/mol. The highest BCUT2D eigenvalue weighted by Crippen LogP contribution is 2.32. The number of hydrogen-bond acceptors (Lipinski definition) is 5. The van der Waals surface area contributed by atoms with Crippen LogP contribution >= 0.6 is 39.0 Å². The minimum Gasteiger partial charge on any atom is -0.494 e. The molecule has 1 heterocycles. The summed E-state index contributed by atoms with van der Waals surface area (Å²) in [5.41, 5.74) is 2.79. The van der Waals surface area contributed by atoms with E-state index in [0.717, 1.165) is 36.0 Å². The number of anilines is 1. The van der Waals surface area contributed by atoms with Gasteiger partial charge in [-0.25, -0.2) is 4.98 Å². The van der Waals surface area contributed by atoms with E-state index in [0.29, 0.717) is 12.4 Å². The smallest absolute Gasteiger partial charge is 0.234 e. The fraction of sp³-hybridized carbons (Fsp3) is 0.222. The number of thioether (sulfide) groups is 1. The van der Waals surface area contributed by atoms with Crippen molar-refractivity contribution in [1.29, 1.82) is 0 Å². The number of hydrogen-bond donors (Lipinski definition) is 1. The lowest BCUT2D eigenvalue weighted by atomic mass is 10.2. The van der Waals surface area contributed by atoms with Gasteiger partial charge in [-0.1, -0.05) is 27.7 Å². The molecular weight excluding hydrogens is 420 g/mol. The average molecular weight is 437 g/mol. The molecule has 25 heavy (non-hydrogen) atoms. The number of aryl methyl sites for hydroxylation is 1. The maximum absolute atomic E-state index is 12.2. The number of nitrogens with zero attached hydrogens (tertiary/aromatic N) is 1. The zero-order valence-electron chi connectivity index (χ0n) is 13.8. The number of halogens is 1. The molecule has 0 aliphatic carbocycles. The van der Waals surface area contributed by atoms with Gasteiger partial charge in [-0.2, -0.15) is 0 Å². The topological polar surface area (TPSA) is 51.2 Å². The Morgan fingerprint density at radius 1 is 1.32 bits per heavy atom. The van der Waals surface area contributed by atoms with E-state index >= 15 is 0 Å². The number of carbonyl (C=O) groups excluding carboxylic acids is 1. The molecule has 3 aromatic rings. The van der Waals surface area contributed by atoms with Crippen molar-refractivity contribution in [3.05, 3.63) is 46.4 Å². The second kappa shape index (κ2) is 8.21. The summed E-state index contributed by atoms with van der Waals surface area (Å²) in [6.07, 6.45) is 0. The van der Waals surface area contributed by atoms with Crippen LogP contribution in [0.15, 0.2) is 45.2 Å². The second-order valence-electron chi connectivity index (χ2n) is 5.34. The van der Waals surface area contributed by atoms with Crippen molar-refractivity contribution in [2.45, 2.75) is 18.2 Å². The average Bonchev–Trinajstić information content (AvgIpc) is 2.98. The molecule has 3 rings (SSSR count). The van der Waals surface area contributed by atoms with Gasteiger partial charge in [-0.15, -0.1) is 11.3 Å². The van der Waals surface area contributed by atoms with E-state index in [2.05, 4.69) is 26.2 Å². The van der Waals surface area contributed by atoms with Gasteiger partial charge in [-0.3, -0.25) is 4.79 Å². The first-order chi connectivity index (χ1) is 12.0. The highest BCUT2D eigenvalue weighted by Gasteiger charge is 2.10. The van der Waals surface area contributed by atoms with Gasteiger partial charge in [0, 0.05) is 10.2 Å². The van der Waals surface area contributed by atoms with Gasteiger partial charge in [0.2, 0.25) is 5.91 Å². The summed E-state index contributed by atoms with van der Waals surface area (Å²) < 4.78 is 8.46. The van der Waals surface area contributed by atoms with Crippen LogP contribution < -0.4 is 10.1 Å². The van der Waals surface area contributed by atoms with Crippen LogP contribution in [0.4, 0.5) is 5.69 Å². The van der Waals surface area contributed by atoms with Crippen LogP contribution in [0.3, 0.4) is 0 Å². The predicted molar refractivity (Wildman–Crippen MR) is 109 cm³/mol. The van der Waals surface area contributed by atoms with E-state index in [1.807, 2.05) is 50.2 Å². The summed E-state index contributed by atoms with van der Waals surface area (Å²) in [4.78, 5) is 16.8. The molecule has 2 aromatic carbocycles. The highest BCUT2D eigenvalue weighted by molar-refractivity contribution is 9.10. The Morgan fingerprint density at radius 3 is 2.92 bits per heavy atom. The molecule has 7 heteroatoms. The third-order valence-corrected chi connectivity index (χ3v) is 6.09. The molecule has 4 nitrogen and oxygen atoms in total. The first-order valence-corrected chi connectivity index (χ1v) is 10.4. The van der Waals surface area contributed by atoms with Gasteiger partial charge in [0.1, 0.15) is 5.75 Å². The van der Waals surface area contributed by atoms with Crippen molar-refractivity contribution < 1.29 is 9.53 Å². The van der Waals surface area contributed by atoms with Gasteiger partial charge in [-0.05, 0) is 55.8 Å². The summed E-state index contributed by atoms with van der Waals surface area (Å²) in [5.74, 6) is 1.14. The van der Waals surface area contributed by atoms with Gasteiger partial charge in [0.15, 0.2) is 4.34 Å². The molecule has 0 saturated heterocycles. The third-order valence-electron chi connectivity index (χ3n) is 3.44. The lowest BCUT2D eigenvalue weighted by molar-refractivity contribution is -0.113. The Labute approximate surface area is 163 Å². The Kier molecular flexibility index (Phi) is 5.98. The number of aromatic nitrogens is 1. The molecule has 0 bridgehead atoms. The van der Waals surface area contributed by atoms with E-state index in [-0.39, 0.29) is 5.91 Å². The molecule has 0 unspecified atom stereocenters. The highest BCUT2D eigenvalue weighted by atomic mass is 79.9. The molecule has 0 radical (unpaired) electrons. The van der Waals surface area contributed by atoms with Crippen LogP contribution in [-0.2, 0) is 4.79 Å².